The molecule has 0 aliphatic carbocycles. The van der Waals surface area contributed by atoms with Crippen LogP contribution in [0, 0.1) is 0 Å². The van der Waals surface area contributed by atoms with Gasteiger partial charge in [-0.15, -0.1) is 11.3 Å². The lowest BCUT2D eigenvalue weighted by atomic mass is 10.3. The molecule has 1 N–H and O–H groups in total. The Kier molecular flexibility index (Phi) is 6.88. The summed E-state index contributed by atoms with van der Waals surface area (Å²) < 4.78 is 36.7. The number of anilines is 1. The van der Waals surface area contributed by atoms with E-state index in [0.29, 0.717) is 10.9 Å². The zero-order chi connectivity index (χ0) is 18.3. The predicted octanol–water partition coefficient (Wildman–Crippen LogP) is 1.43. The van der Waals surface area contributed by atoms with E-state index < -0.39 is 15.9 Å². The third kappa shape index (κ3) is 5.23. The number of hydrogen-bond acceptors (Lipinski definition) is 7. The minimum atomic E-state index is -3.85. The Morgan fingerprint density at radius 1 is 1.28 bits per heavy atom. The minimum Gasteiger partial charge on any atom is -0.497 e. The van der Waals surface area contributed by atoms with E-state index >= 15 is 0 Å². The molecule has 1 aromatic heterocycles. The van der Waals surface area contributed by atoms with Gasteiger partial charge in [-0.25, -0.2) is 13.4 Å². The molecule has 0 unspecified atom stereocenters. The number of ether oxygens (including phenoxy) is 2. The molecule has 10 heteroatoms. The summed E-state index contributed by atoms with van der Waals surface area (Å²) >= 11 is 1.25. The van der Waals surface area contributed by atoms with Gasteiger partial charge < -0.3 is 14.8 Å². The first kappa shape index (κ1) is 19.3. The van der Waals surface area contributed by atoms with Crippen LogP contribution in [0.15, 0.2) is 40.7 Å². The molecule has 0 radical (unpaired) electrons. The van der Waals surface area contributed by atoms with Crippen molar-refractivity contribution in [2.75, 3.05) is 39.2 Å². The molecular weight excluding hydrogens is 366 g/mol. The van der Waals surface area contributed by atoms with Crippen LogP contribution in [0.1, 0.15) is 0 Å². The molecule has 25 heavy (non-hydrogen) atoms. The van der Waals surface area contributed by atoms with Gasteiger partial charge in [-0.05, 0) is 24.3 Å². The number of sulfonamides is 1. The lowest BCUT2D eigenvalue weighted by Gasteiger charge is -2.21. The van der Waals surface area contributed by atoms with Crippen LogP contribution in [0.2, 0.25) is 0 Å². The van der Waals surface area contributed by atoms with Crippen molar-refractivity contribution in [3.63, 3.8) is 0 Å². The zero-order valence-corrected chi connectivity index (χ0v) is 15.5. The van der Waals surface area contributed by atoms with E-state index in [-0.39, 0.29) is 24.6 Å². The fraction of sp³-hybridized carbons (Fsp3) is 0.333. The summed E-state index contributed by atoms with van der Waals surface area (Å²) in [4.78, 5) is 16.2. The molecule has 0 bridgehead atoms. The van der Waals surface area contributed by atoms with Crippen molar-refractivity contribution in [3.8, 4) is 5.75 Å². The Morgan fingerprint density at radius 3 is 2.56 bits per heavy atom. The normalized spacial score (nSPS) is 11.5. The lowest BCUT2D eigenvalue weighted by Crippen LogP contribution is -2.39. The van der Waals surface area contributed by atoms with Crippen LogP contribution in [-0.2, 0) is 19.6 Å². The van der Waals surface area contributed by atoms with Gasteiger partial charge in [0.05, 0.1) is 25.2 Å². The molecule has 136 valence electrons. The molecule has 0 aliphatic rings. The van der Waals surface area contributed by atoms with Gasteiger partial charge in [0.25, 0.3) is 0 Å². The molecule has 0 fully saturated rings. The summed E-state index contributed by atoms with van der Waals surface area (Å²) in [7, 11) is -0.889. The Labute approximate surface area is 150 Å². The molecule has 0 saturated heterocycles. The van der Waals surface area contributed by atoms with E-state index in [1.807, 2.05) is 0 Å². The number of thiazole rings is 1. The minimum absolute atomic E-state index is 0.0517. The number of carbonyl (C=O) groups excluding carboxylic acids is 1. The highest BCUT2D eigenvalue weighted by atomic mass is 32.2. The fourth-order valence-electron chi connectivity index (χ4n) is 1.98. The van der Waals surface area contributed by atoms with E-state index in [1.54, 1.807) is 23.7 Å². The maximum Gasteiger partial charge on any atom is 0.243 e. The molecule has 8 nitrogen and oxygen atoms in total. The van der Waals surface area contributed by atoms with Gasteiger partial charge in [-0.1, -0.05) is 0 Å². The SMILES string of the molecule is COCCN(CC(=O)Nc1nccs1)S(=O)(=O)c1ccc(OC)cc1. The van der Waals surface area contributed by atoms with Gasteiger partial charge in [-0.2, -0.15) is 4.31 Å². The summed E-state index contributed by atoms with van der Waals surface area (Å²) in [6.45, 7) is -0.118. The molecule has 1 aromatic carbocycles. The molecule has 0 atom stereocenters. The highest BCUT2D eigenvalue weighted by Gasteiger charge is 2.26. The molecule has 2 rings (SSSR count). The van der Waals surface area contributed by atoms with Crippen molar-refractivity contribution in [1.29, 1.82) is 0 Å². The first-order valence-electron chi connectivity index (χ1n) is 7.30. The first-order valence-corrected chi connectivity index (χ1v) is 9.62. The molecule has 1 amide bonds. The van der Waals surface area contributed by atoms with Gasteiger partial charge in [-0.3, -0.25) is 4.79 Å². The maximum absolute atomic E-state index is 12.8. The number of methoxy groups -OCH3 is 2. The summed E-state index contributed by atoms with van der Waals surface area (Å²) in [6, 6.07) is 5.98. The highest BCUT2D eigenvalue weighted by molar-refractivity contribution is 7.89. The second-order valence-corrected chi connectivity index (χ2v) is 7.72. The Hall–Kier alpha value is -2.01. The molecular formula is C15H19N3O5S2. The number of rotatable bonds is 9. The van der Waals surface area contributed by atoms with Gasteiger partial charge in [0.1, 0.15) is 5.75 Å². The van der Waals surface area contributed by atoms with Crippen LogP contribution in [0.3, 0.4) is 0 Å². The van der Waals surface area contributed by atoms with Gasteiger partial charge in [0.15, 0.2) is 5.13 Å². The topological polar surface area (TPSA) is 97.8 Å². The average molecular weight is 385 g/mol. The quantitative estimate of drug-likeness (QED) is 0.701. The monoisotopic (exact) mass is 385 g/mol. The van der Waals surface area contributed by atoms with Crippen molar-refractivity contribution < 1.29 is 22.7 Å². The smallest absolute Gasteiger partial charge is 0.243 e. The second kappa shape index (κ2) is 8.90. The predicted molar refractivity (Wildman–Crippen MR) is 94.4 cm³/mol. The van der Waals surface area contributed by atoms with E-state index in [0.717, 1.165) is 4.31 Å². The molecule has 2 aromatic rings. The van der Waals surface area contributed by atoms with Gasteiger partial charge in [0.2, 0.25) is 15.9 Å². The molecule has 0 spiro atoms. The Bertz CT molecular complexity index is 776. The Morgan fingerprint density at radius 2 is 2.00 bits per heavy atom. The number of nitrogens with zero attached hydrogens (tertiary/aromatic N) is 2. The third-order valence-electron chi connectivity index (χ3n) is 3.24. The maximum atomic E-state index is 12.8. The number of aromatic nitrogens is 1. The number of amides is 1. The van der Waals surface area contributed by atoms with E-state index in [1.165, 1.54) is 37.7 Å². The van der Waals surface area contributed by atoms with Gasteiger partial charge >= 0.3 is 0 Å². The third-order valence-corrected chi connectivity index (χ3v) is 5.79. The summed E-state index contributed by atoms with van der Waals surface area (Å²) in [5, 5.41) is 4.70. The standard InChI is InChI=1S/C15H19N3O5S2/c1-22-9-8-18(11-14(19)17-15-16-7-10-24-15)25(20,21)13-5-3-12(23-2)4-6-13/h3-7,10H,8-9,11H2,1-2H3,(H,16,17,19). The van der Waals surface area contributed by atoms with Crippen molar-refractivity contribution in [1.82, 2.24) is 9.29 Å². The van der Waals surface area contributed by atoms with E-state index in [2.05, 4.69) is 10.3 Å². The molecule has 1 heterocycles. The fourth-order valence-corrected chi connectivity index (χ4v) is 3.90. The van der Waals surface area contributed by atoms with Crippen LogP contribution in [0.25, 0.3) is 0 Å². The summed E-state index contributed by atoms with van der Waals surface area (Å²) in [6.07, 6.45) is 1.55. The summed E-state index contributed by atoms with van der Waals surface area (Å²) in [5.74, 6) is 0.0760. The number of benzene rings is 1. The van der Waals surface area contributed by atoms with Gasteiger partial charge in [0, 0.05) is 25.2 Å². The molecule has 0 aliphatic heterocycles. The number of nitrogens with one attached hydrogen (secondary N) is 1. The van der Waals surface area contributed by atoms with E-state index in [9.17, 15) is 13.2 Å². The Balaban J connectivity index is 2.17. The van der Waals surface area contributed by atoms with Crippen LogP contribution in [0.4, 0.5) is 5.13 Å². The van der Waals surface area contributed by atoms with Crippen molar-refractivity contribution in [3.05, 3.63) is 35.8 Å². The van der Waals surface area contributed by atoms with Crippen molar-refractivity contribution in [2.24, 2.45) is 0 Å². The van der Waals surface area contributed by atoms with Crippen molar-refractivity contribution >= 4 is 32.4 Å². The zero-order valence-electron chi connectivity index (χ0n) is 13.8. The largest absolute Gasteiger partial charge is 0.497 e. The lowest BCUT2D eigenvalue weighted by molar-refractivity contribution is -0.116. The van der Waals surface area contributed by atoms with Crippen LogP contribution in [-0.4, -0.2) is 57.5 Å². The molecule has 0 saturated carbocycles. The van der Waals surface area contributed by atoms with Crippen LogP contribution < -0.4 is 10.1 Å². The van der Waals surface area contributed by atoms with Crippen molar-refractivity contribution in [2.45, 2.75) is 4.90 Å². The van der Waals surface area contributed by atoms with Crippen LogP contribution >= 0.6 is 11.3 Å². The van der Waals surface area contributed by atoms with Crippen LogP contribution in [0.5, 0.6) is 5.75 Å². The number of carbonyl (C=O) groups is 1. The first-order chi connectivity index (χ1) is 12.0. The second-order valence-electron chi connectivity index (χ2n) is 4.89. The number of hydrogen-bond donors (Lipinski definition) is 1. The highest BCUT2D eigenvalue weighted by Crippen LogP contribution is 2.19. The summed E-state index contributed by atoms with van der Waals surface area (Å²) in [5.41, 5.74) is 0. The average Bonchev–Trinajstić information content (AvgIpc) is 3.11. The van der Waals surface area contributed by atoms with E-state index in [4.69, 9.17) is 9.47 Å².